The zero-order valence-corrected chi connectivity index (χ0v) is 16.1. The SMILES string of the molecule is O=C(c1cnc(Nc2ccccc2)nc1)N1CCCOC(CN2CCCC2)C1. The number of nitrogens with one attached hydrogen (secondary N) is 1. The molecule has 7 nitrogen and oxygen atoms in total. The van der Waals surface area contributed by atoms with E-state index in [2.05, 4.69) is 20.2 Å². The highest BCUT2D eigenvalue weighted by molar-refractivity contribution is 5.93. The molecule has 0 radical (unpaired) electrons. The van der Waals surface area contributed by atoms with Gasteiger partial charge in [-0.2, -0.15) is 0 Å². The molecular weight excluding hydrogens is 354 g/mol. The lowest BCUT2D eigenvalue weighted by atomic mass is 10.2. The second-order valence-corrected chi connectivity index (χ2v) is 7.39. The van der Waals surface area contributed by atoms with Gasteiger partial charge in [0.05, 0.1) is 11.7 Å². The first kappa shape index (κ1) is 18.8. The van der Waals surface area contributed by atoms with Gasteiger partial charge < -0.3 is 19.9 Å². The molecule has 1 amide bonds. The molecule has 2 aliphatic rings. The number of ether oxygens (including phenoxy) is 1. The molecule has 7 heteroatoms. The summed E-state index contributed by atoms with van der Waals surface area (Å²) in [5.74, 6) is 0.456. The highest BCUT2D eigenvalue weighted by Gasteiger charge is 2.26. The lowest BCUT2D eigenvalue weighted by molar-refractivity contribution is 0.0297. The first-order valence-corrected chi connectivity index (χ1v) is 10.1. The molecule has 1 aromatic heterocycles. The maximum absolute atomic E-state index is 13.0. The van der Waals surface area contributed by atoms with Gasteiger partial charge >= 0.3 is 0 Å². The standard InChI is InChI=1S/C21H27N5O2/c27-20(17-13-22-21(23-14-17)24-18-7-2-1-3-8-18)26-11-6-12-28-19(16-26)15-25-9-4-5-10-25/h1-3,7-8,13-14,19H,4-6,9-12,15-16H2,(H,22,23,24). The van der Waals surface area contributed by atoms with Gasteiger partial charge in [-0.3, -0.25) is 4.79 Å². The number of rotatable bonds is 5. The zero-order valence-electron chi connectivity index (χ0n) is 16.1. The van der Waals surface area contributed by atoms with Gasteiger partial charge in [-0.05, 0) is 44.5 Å². The van der Waals surface area contributed by atoms with E-state index in [4.69, 9.17) is 4.74 Å². The van der Waals surface area contributed by atoms with E-state index < -0.39 is 0 Å². The maximum atomic E-state index is 13.0. The largest absolute Gasteiger partial charge is 0.375 e. The van der Waals surface area contributed by atoms with E-state index in [-0.39, 0.29) is 12.0 Å². The molecule has 28 heavy (non-hydrogen) atoms. The summed E-state index contributed by atoms with van der Waals surface area (Å²) in [4.78, 5) is 25.9. The Kier molecular flexibility index (Phi) is 6.14. The first-order chi connectivity index (χ1) is 13.8. The van der Waals surface area contributed by atoms with Gasteiger partial charge in [0, 0.05) is 44.3 Å². The van der Waals surface area contributed by atoms with Crippen molar-refractivity contribution in [1.82, 2.24) is 19.8 Å². The average molecular weight is 381 g/mol. The van der Waals surface area contributed by atoms with Crippen molar-refractivity contribution in [3.63, 3.8) is 0 Å². The minimum absolute atomic E-state index is 0.0248. The lowest BCUT2D eigenvalue weighted by Gasteiger charge is -2.27. The van der Waals surface area contributed by atoms with Gasteiger partial charge in [-0.25, -0.2) is 9.97 Å². The topological polar surface area (TPSA) is 70.6 Å². The van der Waals surface area contributed by atoms with Gasteiger partial charge in [-0.15, -0.1) is 0 Å². The van der Waals surface area contributed by atoms with E-state index in [0.717, 1.165) is 31.7 Å². The van der Waals surface area contributed by atoms with E-state index >= 15 is 0 Å². The van der Waals surface area contributed by atoms with Gasteiger partial charge in [0.15, 0.2) is 0 Å². The molecule has 1 aromatic carbocycles. The van der Waals surface area contributed by atoms with Crippen molar-refractivity contribution >= 4 is 17.5 Å². The minimum atomic E-state index is -0.0248. The minimum Gasteiger partial charge on any atom is -0.375 e. The lowest BCUT2D eigenvalue weighted by Crippen LogP contribution is -2.41. The van der Waals surface area contributed by atoms with Crippen LogP contribution in [0.5, 0.6) is 0 Å². The second-order valence-electron chi connectivity index (χ2n) is 7.39. The van der Waals surface area contributed by atoms with Gasteiger partial charge in [0.1, 0.15) is 0 Å². The number of carbonyl (C=O) groups is 1. The van der Waals surface area contributed by atoms with Crippen LogP contribution in [-0.2, 0) is 4.74 Å². The fourth-order valence-electron chi connectivity index (χ4n) is 3.78. The molecule has 3 heterocycles. The Bertz CT molecular complexity index is 762. The Morgan fingerprint density at radius 2 is 1.82 bits per heavy atom. The van der Waals surface area contributed by atoms with Crippen LogP contribution in [0.4, 0.5) is 11.6 Å². The molecule has 1 atom stereocenters. The summed E-state index contributed by atoms with van der Waals surface area (Å²) in [5.41, 5.74) is 1.43. The first-order valence-electron chi connectivity index (χ1n) is 10.1. The van der Waals surface area contributed by atoms with Crippen LogP contribution in [-0.4, -0.2) is 71.1 Å². The van der Waals surface area contributed by atoms with Crippen LogP contribution >= 0.6 is 0 Å². The number of likely N-dealkylation sites (tertiary alicyclic amines) is 1. The molecule has 0 spiro atoms. The van der Waals surface area contributed by atoms with E-state index in [1.54, 1.807) is 12.4 Å². The highest BCUT2D eigenvalue weighted by atomic mass is 16.5. The van der Waals surface area contributed by atoms with E-state index in [1.165, 1.54) is 12.8 Å². The molecule has 2 fully saturated rings. The normalized spacial score (nSPS) is 20.7. The number of nitrogens with zero attached hydrogens (tertiary/aromatic N) is 4. The van der Waals surface area contributed by atoms with Crippen molar-refractivity contribution < 1.29 is 9.53 Å². The third-order valence-corrected chi connectivity index (χ3v) is 5.23. The number of hydrogen-bond donors (Lipinski definition) is 1. The third kappa shape index (κ3) is 4.85. The molecule has 0 saturated carbocycles. The number of hydrogen-bond acceptors (Lipinski definition) is 6. The Labute approximate surface area is 165 Å². The summed E-state index contributed by atoms with van der Waals surface area (Å²) < 4.78 is 5.99. The molecule has 2 aromatic rings. The summed E-state index contributed by atoms with van der Waals surface area (Å²) in [7, 11) is 0. The van der Waals surface area contributed by atoms with Crippen LogP contribution in [0.25, 0.3) is 0 Å². The predicted octanol–water partition coefficient (Wildman–Crippen LogP) is 2.55. The molecule has 0 aliphatic carbocycles. The number of aromatic nitrogens is 2. The van der Waals surface area contributed by atoms with E-state index in [1.807, 2.05) is 35.2 Å². The molecule has 2 saturated heterocycles. The summed E-state index contributed by atoms with van der Waals surface area (Å²) in [6, 6.07) is 9.73. The monoisotopic (exact) mass is 381 g/mol. The van der Waals surface area contributed by atoms with Crippen molar-refractivity contribution in [2.75, 3.05) is 44.6 Å². The Hall–Kier alpha value is -2.51. The molecule has 148 valence electrons. The smallest absolute Gasteiger partial charge is 0.257 e. The van der Waals surface area contributed by atoms with Crippen LogP contribution in [0.2, 0.25) is 0 Å². The predicted molar refractivity (Wildman–Crippen MR) is 108 cm³/mol. The second kappa shape index (κ2) is 9.12. The number of para-hydroxylation sites is 1. The van der Waals surface area contributed by atoms with Crippen LogP contribution < -0.4 is 5.32 Å². The van der Waals surface area contributed by atoms with Crippen molar-refractivity contribution in [3.8, 4) is 0 Å². The van der Waals surface area contributed by atoms with Crippen LogP contribution in [0.3, 0.4) is 0 Å². The zero-order chi connectivity index (χ0) is 19.2. The van der Waals surface area contributed by atoms with Crippen LogP contribution in [0, 0.1) is 0 Å². The summed E-state index contributed by atoms with van der Waals surface area (Å²) in [6.07, 6.45) is 6.65. The fraction of sp³-hybridized carbons (Fsp3) is 0.476. The highest BCUT2D eigenvalue weighted by Crippen LogP contribution is 2.16. The Morgan fingerprint density at radius 1 is 1.07 bits per heavy atom. The molecular formula is C21H27N5O2. The molecule has 2 aliphatic heterocycles. The number of benzene rings is 1. The quantitative estimate of drug-likeness (QED) is 0.858. The summed E-state index contributed by atoms with van der Waals surface area (Å²) in [5, 5.41) is 3.13. The molecule has 1 unspecified atom stereocenters. The van der Waals surface area contributed by atoms with Crippen molar-refractivity contribution in [2.24, 2.45) is 0 Å². The number of carbonyl (C=O) groups excluding carboxylic acids is 1. The van der Waals surface area contributed by atoms with Crippen LogP contribution in [0.1, 0.15) is 29.6 Å². The van der Waals surface area contributed by atoms with Crippen molar-refractivity contribution in [3.05, 3.63) is 48.3 Å². The Morgan fingerprint density at radius 3 is 2.57 bits per heavy atom. The summed E-state index contributed by atoms with van der Waals surface area (Å²) in [6.45, 7) is 5.21. The molecule has 0 bridgehead atoms. The molecule has 1 N–H and O–H groups in total. The van der Waals surface area contributed by atoms with E-state index in [9.17, 15) is 4.79 Å². The van der Waals surface area contributed by atoms with Crippen molar-refractivity contribution in [2.45, 2.75) is 25.4 Å². The maximum Gasteiger partial charge on any atom is 0.257 e. The third-order valence-electron chi connectivity index (χ3n) is 5.23. The van der Waals surface area contributed by atoms with E-state index in [0.29, 0.717) is 31.2 Å². The Balaban J connectivity index is 1.38. The summed E-state index contributed by atoms with van der Waals surface area (Å²) >= 11 is 0. The van der Waals surface area contributed by atoms with Gasteiger partial charge in [-0.1, -0.05) is 18.2 Å². The number of amides is 1. The van der Waals surface area contributed by atoms with Crippen LogP contribution in [0.15, 0.2) is 42.7 Å². The van der Waals surface area contributed by atoms with Gasteiger partial charge in [0.2, 0.25) is 5.95 Å². The average Bonchev–Trinajstić information content (AvgIpc) is 3.13. The fourth-order valence-corrected chi connectivity index (χ4v) is 3.78. The molecule has 4 rings (SSSR count). The van der Waals surface area contributed by atoms with Gasteiger partial charge in [0.25, 0.3) is 5.91 Å². The number of anilines is 2. The van der Waals surface area contributed by atoms with Crippen molar-refractivity contribution in [1.29, 1.82) is 0 Å².